The van der Waals surface area contributed by atoms with Crippen LogP contribution in [0.25, 0.3) is 0 Å². The van der Waals surface area contributed by atoms with E-state index in [2.05, 4.69) is 54.6 Å². The molecule has 0 radical (unpaired) electrons. The summed E-state index contributed by atoms with van der Waals surface area (Å²) in [6.45, 7) is 19.4. The van der Waals surface area contributed by atoms with Crippen molar-refractivity contribution >= 4 is 14.3 Å². The molecule has 26 heavy (non-hydrogen) atoms. The summed E-state index contributed by atoms with van der Waals surface area (Å²) in [5, 5.41) is 10.9. The summed E-state index contributed by atoms with van der Waals surface area (Å²) in [6, 6.07) is 0. The topological polar surface area (TPSA) is 55.8 Å². The molecule has 0 bridgehead atoms. The number of carbonyl (C=O) groups is 1. The van der Waals surface area contributed by atoms with Crippen molar-refractivity contribution in [2.45, 2.75) is 98.1 Å². The van der Waals surface area contributed by atoms with Gasteiger partial charge in [0.2, 0.25) is 0 Å². The van der Waals surface area contributed by atoms with Gasteiger partial charge in [-0.3, -0.25) is 0 Å². The zero-order chi connectivity index (χ0) is 20.7. The molecule has 0 unspecified atom stereocenters. The van der Waals surface area contributed by atoms with E-state index in [9.17, 15) is 9.90 Å². The smallest absolute Gasteiger partial charge is 0.333 e. The van der Waals surface area contributed by atoms with Crippen LogP contribution in [0.5, 0.6) is 0 Å². The maximum Gasteiger partial charge on any atom is 0.333 e. The van der Waals surface area contributed by atoms with Crippen molar-refractivity contribution in [1.29, 1.82) is 0 Å². The van der Waals surface area contributed by atoms with E-state index in [1.165, 1.54) is 7.11 Å². The maximum atomic E-state index is 11.5. The molecule has 4 nitrogen and oxygen atoms in total. The molecule has 0 aliphatic heterocycles. The first-order chi connectivity index (χ1) is 11.8. The molecule has 0 aromatic carbocycles. The third-order valence-corrected chi connectivity index (χ3v) is 10.3. The van der Waals surface area contributed by atoms with E-state index in [4.69, 9.17) is 9.16 Å². The molecule has 0 spiro atoms. The summed E-state index contributed by atoms with van der Waals surface area (Å²) < 4.78 is 11.5. The van der Waals surface area contributed by atoms with E-state index < -0.39 is 14.4 Å². The number of aliphatic hydroxyl groups is 1. The second-order valence-corrected chi connectivity index (χ2v) is 13.9. The highest BCUT2D eigenvalue weighted by molar-refractivity contribution is 6.74. The molecule has 0 aromatic heterocycles. The number of hydrogen-bond donors (Lipinski definition) is 1. The van der Waals surface area contributed by atoms with Gasteiger partial charge in [-0.05, 0) is 43.8 Å². The van der Waals surface area contributed by atoms with Gasteiger partial charge in [0.1, 0.15) is 0 Å². The van der Waals surface area contributed by atoms with E-state index in [-0.39, 0.29) is 23.0 Å². The van der Waals surface area contributed by atoms with Gasteiger partial charge in [-0.2, -0.15) is 0 Å². The van der Waals surface area contributed by atoms with Gasteiger partial charge in [-0.25, -0.2) is 4.79 Å². The molecule has 0 saturated heterocycles. The standard InChI is InChI=1S/C21H42O4Si/c1-11-12-15(2)19(25-26(9,10)21(5,6)7)17(4)18(22)14-13-16(3)20(23)24-8/h13,15,17-19,22H,11-12,14H2,1-10H3/b16-13+/t15-,17+,18+,19-/m1/s1. The molecular weight excluding hydrogens is 344 g/mol. The van der Waals surface area contributed by atoms with Crippen molar-refractivity contribution in [1.82, 2.24) is 0 Å². The molecule has 0 aromatic rings. The summed E-state index contributed by atoms with van der Waals surface area (Å²) in [6.07, 6.45) is 3.83. The van der Waals surface area contributed by atoms with Crippen molar-refractivity contribution in [2.75, 3.05) is 7.11 Å². The van der Waals surface area contributed by atoms with Crippen LogP contribution in [-0.4, -0.2) is 38.7 Å². The first-order valence-corrected chi connectivity index (χ1v) is 12.8. The molecular formula is C21H42O4Si. The molecule has 5 heteroatoms. The lowest BCUT2D eigenvalue weighted by atomic mass is 9.86. The number of aliphatic hydroxyl groups excluding tert-OH is 1. The van der Waals surface area contributed by atoms with Crippen LogP contribution < -0.4 is 0 Å². The van der Waals surface area contributed by atoms with E-state index in [1.807, 2.05) is 0 Å². The second kappa shape index (κ2) is 10.6. The Morgan fingerprint density at radius 2 is 1.77 bits per heavy atom. The van der Waals surface area contributed by atoms with Crippen LogP contribution in [-0.2, 0) is 14.0 Å². The van der Waals surface area contributed by atoms with E-state index in [1.54, 1.807) is 13.0 Å². The normalized spacial score (nSPS) is 18.2. The fraction of sp³-hybridized carbons (Fsp3) is 0.857. The quantitative estimate of drug-likeness (QED) is 0.314. The number of carbonyl (C=O) groups excluding carboxylic acids is 1. The van der Waals surface area contributed by atoms with E-state index in [0.29, 0.717) is 17.9 Å². The third-order valence-electron chi connectivity index (χ3n) is 5.84. The van der Waals surface area contributed by atoms with Gasteiger partial charge >= 0.3 is 5.97 Å². The zero-order valence-corrected chi connectivity index (χ0v) is 19.7. The van der Waals surface area contributed by atoms with Crippen molar-refractivity contribution in [3.8, 4) is 0 Å². The van der Waals surface area contributed by atoms with Crippen LogP contribution in [0.15, 0.2) is 11.6 Å². The van der Waals surface area contributed by atoms with Crippen LogP contribution in [0, 0.1) is 11.8 Å². The van der Waals surface area contributed by atoms with Crippen molar-refractivity contribution in [3.63, 3.8) is 0 Å². The summed E-state index contributed by atoms with van der Waals surface area (Å²) in [4.78, 5) is 11.5. The molecule has 0 saturated carbocycles. The van der Waals surface area contributed by atoms with E-state index in [0.717, 1.165) is 12.8 Å². The van der Waals surface area contributed by atoms with Crippen LogP contribution >= 0.6 is 0 Å². The zero-order valence-electron chi connectivity index (χ0n) is 18.7. The number of esters is 1. The van der Waals surface area contributed by atoms with Gasteiger partial charge in [0.05, 0.1) is 19.3 Å². The average Bonchev–Trinajstić information content (AvgIpc) is 2.54. The number of hydrogen-bond acceptors (Lipinski definition) is 4. The van der Waals surface area contributed by atoms with Crippen LogP contribution in [0.3, 0.4) is 0 Å². The van der Waals surface area contributed by atoms with Crippen molar-refractivity contribution in [2.24, 2.45) is 11.8 Å². The molecule has 0 rings (SSSR count). The summed E-state index contributed by atoms with van der Waals surface area (Å²) in [5.41, 5.74) is 0.530. The largest absolute Gasteiger partial charge is 0.466 e. The first-order valence-electron chi connectivity index (χ1n) is 9.89. The lowest BCUT2D eigenvalue weighted by Gasteiger charge is -2.43. The Kier molecular flexibility index (Phi) is 10.4. The minimum Gasteiger partial charge on any atom is -0.466 e. The van der Waals surface area contributed by atoms with E-state index >= 15 is 0 Å². The Morgan fingerprint density at radius 1 is 1.23 bits per heavy atom. The first kappa shape index (κ1) is 25.3. The number of ether oxygens (including phenoxy) is 1. The average molecular weight is 387 g/mol. The Balaban J connectivity index is 5.33. The van der Waals surface area contributed by atoms with Gasteiger partial charge in [-0.15, -0.1) is 0 Å². The lowest BCUT2D eigenvalue weighted by molar-refractivity contribution is -0.136. The minimum atomic E-state index is -1.94. The van der Waals surface area contributed by atoms with Gasteiger partial charge in [0.15, 0.2) is 8.32 Å². The molecule has 0 heterocycles. The van der Waals surface area contributed by atoms with Gasteiger partial charge in [-0.1, -0.05) is 54.0 Å². The summed E-state index contributed by atoms with van der Waals surface area (Å²) >= 11 is 0. The Labute approximate surface area is 162 Å². The Morgan fingerprint density at radius 3 is 2.19 bits per heavy atom. The van der Waals surface area contributed by atoms with Gasteiger partial charge < -0.3 is 14.3 Å². The highest BCUT2D eigenvalue weighted by Gasteiger charge is 2.42. The highest BCUT2D eigenvalue weighted by Crippen LogP contribution is 2.40. The van der Waals surface area contributed by atoms with Crippen molar-refractivity contribution < 1.29 is 19.1 Å². The predicted octanol–water partition coefficient (Wildman–Crippen LogP) is 5.32. The molecule has 154 valence electrons. The van der Waals surface area contributed by atoms with Crippen molar-refractivity contribution in [3.05, 3.63) is 11.6 Å². The fourth-order valence-corrected chi connectivity index (χ4v) is 4.33. The molecule has 4 atom stereocenters. The molecule has 0 aliphatic carbocycles. The Bertz CT molecular complexity index is 465. The highest BCUT2D eigenvalue weighted by atomic mass is 28.4. The van der Waals surface area contributed by atoms with Gasteiger partial charge in [0, 0.05) is 11.5 Å². The predicted molar refractivity (Wildman–Crippen MR) is 112 cm³/mol. The SMILES string of the molecule is CCC[C@@H](C)[C@@H](O[Si](C)(C)C(C)(C)C)[C@@H](C)[C@@H](O)C/C=C(\C)C(=O)OC. The number of rotatable bonds is 10. The van der Waals surface area contributed by atoms with Gasteiger partial charge in [0.25, 0.3) is 0 Å². The monoisotopic (exact) mass is 386 g/mol. The second-order valence-electron chi connectivity index (χ2n) is 9.15. The molecule has 0 fully saturated rings. The molecule has 0 amide bonds. The van der Waals surface area contributed by atoms with Crippen LogP contribution in [0.2, 0.25) is 18.1 Å². The maximum absolute atomic E-state index is 11.5. The molecule has 1 N–H and O–H groups in total. The fourth-order valence-electron chi connectivity index (χ4n) is 2.85. The minimum absolute atomic E-state index is 0.00706. The Hall–Kier alpha value is -0.653. The van der Waals surface area contributed by atoms with Crippen LogP contribution in [0.4, 0.5) is 0 Å². The summed E-state index contributed by atoms with van der Waals surface area (Å²) in [7, 11) is -0.568. The van der Waals surface area contributed by atoms with Crippen LogP contribution in [0.1, 0.15) is 67.7 Å². The number of methoxy groups -OCH3 is 1. The third kappa shape index (κ3) is 7.53. The molecule has 0 aliphatic rings. The lowest BCUT2D eigenvalue weighted by Crippen LogP contribution is -2.49. The summed E-state index contributed by atoms with van der Waals surface area (Å²) in [5.74, 6) is 0.0232.